The van der Waals surface area contributed by atoms with Crippen molar-refractivity contribution < 1.29 is 4.79 Å². The molecule has 1 unspecified atom stereocenters. The first kappa shape index (κ1) is 11.9. The predicted molar refractivity (Wildman–Crippen MR) is 65.2 cm³/mol. The van der Waals surface area contributed by atoms with Crippen LogP contribution in [-0.4, -0.2) is 37.0 Å². The molecule has 2 aliphatic rings. The number of hydrogen-bond donors (Lipinski definition) is 1. The second-order valence-electron chi connectivity index (χ2n) is 5.19. The Morgan fingerprint density at radius 3 is 2.69 bits per heavy atom. The van der Waals surface area contributed by atoms with Crippen LogP contribution in [0.25, 0.3) is 0 Å². The lowest BCUT2D eigenvalue weighted by atomic mass is 9.96. The number of carbonyl (C=O) groups is 1. The van der Waals surface area contributed by atoms with Crippen LogP contribution in [0.15, 0.2) is 0 Å². The molecule has 1 saturated carbocycles. The third-order valence-electron chi connectivity index (χ3n) is 4.15. The molecule has 2 fully saturated rings. The van der Waals surface area contributed by atoms with Gasteiger partial charge in [0.15, 0.2) is 0 Å². The Morgan fingerprint density at radius 2 is 2.00 bits per heavy atom. The van der Waals surface area contributed by atoms with E-state index >= 15 is 0 Å². The first-order valence-corrected chi connectivity index (χ1v) is 6.77. The summed E-state index contributed by atoms with van der Waals surface area (Å²) in [5, 5.41) is 3.06. The summed E-state index contributed by atoms with van der Waals surface area (Å²) in [5.41, 5.74) is 0. The highest BCUT2D eigenvalue weighted by Gasteiger charge is 2.35. The van der Waals surface area contributed by atoms with Gasteiger partial charge in [0, 0.05) is 25.6 Å². The van der Waals surface area contributed by atoms with Crippen molar-refractivity contribution in [3.63, 3.8) is 0 Å². The van der Waals surface area contributed by atoms with E-state index in [1.54, 1.807) is 0 Å². The molecule has 1 saturated heterocycles. The van der Waals surface area contributed by atoms with Gasteiger partial charge in [-0.15, -0.1) is 0 Å². The summed E-state index contributed by atoms with van der Waals surface area (Å²) in [4.78, 5) is 14.2. The molecule has 0 bridgehead atoms. The lowest BCUT2D eigenvalue weighted by Crippen LogP contribution is -2.40. The Morgan fingerprint density at radius 1 is 1.25 bits per heavy atom. The van der Waals surface area contributed by atoms with E-state index in [2.05, 4.69) is 10.2 Å². The quantitative estimate of drug-likeness (QED) is 0.789. The minimum absolute atomic E-state index is 0.365. The van der Waals surface area contributed by atoms with Crippen LogP contribution in [0.5, 0.6) is 0 Å². The van der Waals surface area contributed by atoms with Gasteiger partial charge in [0.05, 0.1) is 0 Å². The molecular formula is C13H24N2O. The predicted octanol–water partition coefficient (Wildman–Crippen LogP) is 1.78. The molecule has 3 heteroatoms. The van der Waals surface area contributed by atoms with Crippen molar-refractivity contribution >= 4 is 5.91 Å². The molecule has 1 aliphatic heterocycles. The maximum Gasteiger partial charge on any atom is 0.224 e. The number of nitrogens with zero attached hydrogens (tertiary/aromatic N) is 1. The first-order chi connectivity index (χ1) is 7.83. The lowest BCUT2D eigenvalue weighted by molar-refractivity contribution is -0.132. The zero-order valence-electron chi connectivity index (χ0n) is 10.4. The van der Waals surface area contributed by atoms with Crippen LogP contribution in [0.1, 0.15) is 44.9 Å². The Kier molecular flexibility index (Phi) is 4.22. The van der Waals surface area contributed by atoms with E-state index in [0.717, 1.165) is 19.0 Å². The Bertz CT molecular complexity index is 236. The van der Waals surface area contributed by atoms with Crippen LogP contribution in [0.2, 0.25) is 0 Å². The molecule has 1 heterocycles. The summed E-state index contributed by atoms with van der Waals surface area (Å²) >= 11 is 0. The molecular weight excluding hydrogens is 200 g/mol. The van der Waals surface area contributed by atoms with Crippen LogP contribution >= 0.6 is 0 Å². The van der Waals surface area contributed by atoms with Gasteiger partial charge in [-0.05, 0) is 38.6 Å². The Hall–Kier alpha value is -0.570. The second-order valence-corrected chi connectivity index (χ2v) is 5.19. The van der Waals surface area contributed by atoms with E-state index in [0.29, 0.717) is 18.4 Å². The molecule has 3 nitrogen and oxygen atoms in total. The number of hydrogen-bond acceptors (Lipinski definition) is 2. The van der Waals surface area contributed by atoms with Gasteiger partial charge < -0.3 is 10.2 Å². The lowest BCUT2D eigenvalue weighted by Gasteiger charge is -2.29. The van der Waals surface area contributed by atoms with Gasteiger partial charge in [-0.1, -0.05) is 12.8 Å². The number of amides is 1. The molecule has 1 atom stereocenters. The van der Waals surface area contributed by atoms with Crippen molar-refractivity contribution in [3.05, 3.63) is 0 Å². The number of likely N-dealkylation sites (tertiary alicyclic amines) is 1. The molecule has 0 aromatic heterocycles. The van der Waals surface area contributed by atoms with E-state index in [1.807, 2.05) is 7.05 Å². The fourth-order valence-electron chi connectivity index (χ4n) is 3.31. The van der Waals surface area contributed by atoms with E-state index in [9.17, 15) is 4.79 Å². The van der Waals surface area contributed by atoms with Gasteiger partial charge >= 0.3 is 0 Å². The third kappa shape index (κ3) is 2.57. The summed E-state index contributed by atoms with van der Waals surface area (Å²) in [5.74, 6) is 1.17. The van der Waals surface area contributed by atoms with E-state index in [4.69, 9.17) is 0 Å². The largest absolute Gasteiger partial charge is 0.339 e. The Balaban J connectivity index is 1.89. The summed E-state index contributed by atoms with van der Waals surface area (Å²) < 4.78 is 0. The van der Waals surface area contributed by atoms with E-state index < -0.39 is 0 Å². The minimum atomic E-state index is 0.365. The molecule has 2 rings (SSSR count). The number of rotatable bonds is 4. The van der Waals surface area contributed by atoms with Gasteiger partial charge in [0.2, 0.25) is 5.91 Å². The van der Waals surface area contributed by atoms with Crippen LogP contribution in [0, 0.1) is 5.92 Å². The maximum atomic E-state index is 12.1. The molecule has 0 spiro atoms. The Labute approximate surface area is 98.6 Å². The van der Waals surface area contributed by atoms with Crippen molar-refractivity contribution in [2.45, 2.75) is 51.0 Å². The highest BCUT2D eigenvalue weighted by Crippen LogP contribution is 2.35. The summed E-state index contributed by atoms with van der Waals surface area (Å²) in [6, 6.07) is 0.576. The summed E-state index contributed by atoms with van der Waals surface area (Å²) in [7, 11) is 1.91. The second kappa shape index (κ2) is 5.67. The van der Waals surface area contributed by atoms with Crippen LogP contribution in [0.3, 0.4) is 0 Å². The normalized spacial score (nSPS) is 26.6. The molecule has 1 aliphatic carbocycles. The third-order valence-corrected chi connectivity index (χ3v) is 4.15. The van der Waals surface area contributed by atoms with Crippen LogP contribution in [0.4, 0.5) is 0 Å². The molecule has 1 N–H and O–H groups in total. The van der Waals surface area contributed by atoms with Crippen molar-refractivity contribution in [2.24, 2.45) is 5.92 Å². The van der Waals surface area contributed by atoms with Crippen molar-refractivity contribution in [1.29, 1.82) is 0 Å². The van der Waals surface area contributed by atoms with Crippen LogP contribution < -0.4 is 5.32 Å². The smallest absolute Gasteiger partial charge is 0.224 e. The summed E-state index contributed by atoms with van der Waals surface area (Å²) in [6.07, 6.45) is 8.57. The van der Waals surface area contributed by atoms with Gasteiger partial charge in [-0.2, -0.15) is 0 Å². The molecule has 1 amide bonds. The SMILES string of the molecule is CNCCC(=O)N1CCCC1C1CCCC1. The standard InChI is InChI=1S/C13H24N2O/c1-14-9-8-13(16)15-10-4-7-12(15)11-5-2-3-6-11/h11-12,14H,2-10H2,1H3. The molecule has 16 heavy (non-hydrogen) atoms. The van der Waals surface area contributed by atoms with Crippen molar-refractivity contribution in [2.75, 3.05) is 20.1 Å². The topological polar surface area (TPSA) is 32.3 Å². The van der Waals surface area contributed by atoms with Gasteiger partial charge in [-0.3, -0.25) is 4.79 Å². The molecule has 92 valence electrons. The highest BCUT2D eigenvalue weighted by molar-refractivity contribution is 5.77. The zero-order valence-corrected chi connectivity index (χ0v) is 10.4. The fourth-order valence-corrected chi connectivity index (χ4v) is 3.31. The number of carbonyl (C=O) groups excluding carboxylic acids is 1. The highest BCUT2D eigenvalue weighted by atomic mass is 16.2. The van der Waals surface area contributed by atoms with Gasteiger partial charge in [0.25, 0.3) is 0 Å². The molecule has 0 aromatic carbocycles. The first-order valence-electron chi connectivity index (χ1n) is 6.77. The molecule has 0 aromatic rings. The molecule has 0 radical (unpaired) electrons. The van der Waals surface area contributed by atoms with Crippen molar-refractivity contribution in [1.82, 2.24) is 10.2 Å². The minimum Gasteiger partial charge on any atom is -0.339 e. The number of nitrogens with one attached hydrogen (secondary N) is 1. The van der Waals surface area contributed by atoms with E-state index in [-0.39, 0.29) is 0 Å². The van der Waals surface area contributed by atoms with Crippen LogP contribution in [-0.2, 0) is 4.79 Å². The van der Waals surface area contributed by atoms with Crippen molar-refractivity contribution in [3.8, 4) is 0 Å². The van der Waals surface area contributed by atoms with Gasteiger partial charge in [0.1, 0.15) is 0 Å². The fraction of sp³-hybridized carbons (Fsp3) is 0.923. The monoisotopic (exact) mass is 224 g/mol. The van der Waals surface area contributed by atoms with Gasteiger partial charge in [-0.25, -0.2) is 0 Å². The zero-order chi connectivity index (χ0) is 11.4. The average molecular weight is 224 g/mol. The average Bonchev–Trinajstić information content (AvgIpc) is 2.94. The maximum absolute atomic E-state index is 12.1. The van der Waals surface area contributed by atoms with E-state index in [1.165, 1.54) is 38.5 Å². The summed E-state index contributed by atoms with van der Waals surface area (Å²) in [6.45, 7) is 1.82.